The fourth-order valence-electron chi connectivity index (χ4n) is 1.41. The van der Waals surface area contributed by atoms with E-state index in [1.54, 1.807) is 0 Å². The Morgan fingerprint density at radius 2 is 2.50 bits per heavy atom. The number of rotatable bonds is 3. The Labute approximate surface area is 61.7 Å². The van der Waals surface area contributed by atoms with E-state index in [1.807, 2.05) is 0 Å². The molecule has 10 heavy (non-hydrogen) atoms. The number of hydrogen-bond donors (Lipinski definition) is 2. The lowest BCUT2D eigenvalue weighted by atomic mass is 10.00. The molecule has 0 aromatic carbocycles. The second-order valence-corrected chi connectivity index (χ2v) is 2.79. The lowest BCUT2D eigenvalue weighted by molar-refractivity contribution is 0.248. The van der Waals surface area contributed by atoms with E-state index in [4.69, 9.17) is 10.8 Å². The van der Waals surface area contributed by atoms with Crippen LogP contribution in [0.1, 0.15) is 19.3 Å². The van der Waals surface area contributed by atoms with Crippen LogP contribution in [0.4, 0.5) is 0 Å². The summed E-state index contributed by atoms with van der Waals surface area (Å²) in [4.78, 5) is 0. The minimum Gasteiger partial charge on any atom is -0.396 e. The lowest BCUT2D eigenvalue weighted by Crippen LogP contribution is -2.19. The van der Waals surface area contributed by atoms with Gasteiger partial charge in [0.25, 0.3) is 0 Å². The number of nitrogens with two attached hydrogens (primary N) is 1. The zero-order chi connectivity index (χ0) is 7.40. The Morgan fingerprint density at radius 3 is 2.90 bits per heavy atom. The van der Waals surface area contributed by atoms with Crippen molar-refractivity contribution < 1.29 is 5.11 Å². The van der Waals surface area contributed by atoms with Crippen molar-refractivity contribution in [3.63, 3.8) is 0 Å². The summed E-state index contributed by atoms with van der Waals surface area (Å²) in [7, 11) is 0. The van der Waals surface area contributed by atoms with Gasteiger partial charge in [0.2, 0.25) is 0 Å². The third-order valence-electron chi connectivity index (χ3n) is 2.11. The van der Waals surface area contributed by atoms with Gasteiger partial charge >= 0.3 is 0 Å². The maximum absolute atomic E-state index is 8.87. The minimum absolute atomic E-state index is 0.211. The van der Waals surface area contributed by atoms with Gasteiger partial charge in [-0.3, -0.25) is 0 Å². The Kier molecular flexibility index (Phi) is 2.90. The van der Waals surface area contributed by atoms with Crippen LogP contribution in [0.2, 0.25) is 0 Å². The molecule has 1 aliphatic carbocycles. The molecule has 2 nitrogen and oxygen atoms in total. The molecular formula is C8H15NO. The van der Waals surface area contributed by atoms with E-state index in [-0.39, 0.29) is 12.5 Å². The molecule has 2 heteroatoms. The summed E-state index contributed by atoms with van der Waals surface area (Å²) >= 11 is 0. The predicted octanol–water partition coefficient (Wildman–Crippen LogP) is 0.664. The van der Waals surface area contributed by atoms with Gasteiger partial charge in [-0.1, -0.05) is 11.6 Å². The summed E-state index contributed by atoms with van der Waals surface area (Å²) in [6, 6.07) is 0. The number of aliphatic hydroxyl groups is 1. The maximum atomic E-state index is 8.87. The molecule has 1 unspecified atom stereocenters. The third kappa shape index (κ3) is 1.58. The molecule has 0 aromatic rings. The Morgan fingerprint density at radius 1 is 1.70 bits per heavy atom. The van der Waals surface area contributed by atoms with Crippen LogP contribution in [-0.2, 0) is 0 Å². The summed E-state index contributed by atoms with van der Waals surface area (Å²) in [6.45, 7) is 0.796. The van der Waals surface area contributed by atoms with Crippen molar-refractivity contribution in [3.05, 3.63) is 11.6 Å². The molecule has 1 atom stereocenters. The summed E-state index contributed by atoms with van der Waals surface area (Å²) < 4.78 is 0. The zero-order valence-electron chi connectivity index (χ0n) is 6.21. The van der Waals surface area contributed by atoms with Crippen LogP contribution in [0, 0.1) is 5.92 Å². The van der Waals surface area contributed by atoms with E-state index in [0.717, 1.165) is 6.42 Å². The van der Waals surface area contributed by atoms with Crippen LogP contribution >= 0.6 is 0 Å². The van der Waals surface area contributed by atoms with Gasteiger partial charge in [0.1, 0.15) is 0 Å². The molecule has 0 heterocycles. The quantitative estimate of drug-likeness (QED) is 0.567. The van der Waals surface area contributed by atoms with E-state index in [1.165, 1.54) is 18.4 Å². The van der Waals surface area contributed by atoms with Crippen molar-refractivity contribution in [2.45, 2.75) is 19.3 Å². The summed E-state index contributed by atoms with van der Waals surface area (Å²) in [5, 5.41) is 8.87. The third-order valence-corrected chi connectivity index (χ3v) is 2.11. The van der Waals surface area contributed by atoms with Crippen LogP contribution in [0.5, 0.6) is 0 Å². The number of allylic oxidation sites excluding steroid dienone is 1. The molecule has 0 fully saturated rings. The van der Waals surface area contributed by atoms with Gasteiger partial charge in [0.15, 0.2) is 0 Å². The second-order valence-electron chi connectivity index (χ2n) is 2.79. The summed E-state index contributed by atoms with van der Waals surface area (Å²) in [5.41, 5.74) is 6.83. The number of aliphatic hydroxyl groups excluding tert-OH is 1. The second kappa shape index (κ2) is 3.74. The van der Waals surface area contributed by atoms with Crippen molar-refractivity contribution in [1.82, 2.24) is 0 Å². The largest absolute Gasteiger partial charge is 0.396 e. The Bertz CT molecular complexity index is 127. The first-order chi connectivity index (χ1) is 4.88. The van der Waals surface area contributed by atoms with Crippen LogP contribution in [0.3, 0.4) is 0 Å². The van der Waals surface area contributed by atoms with E-state index in [0.29, 0.717) is 6.54 Å². The molecule has 0 bridgehead atoms. The molecular weight excluding hydrogens is 126 g/mol. The fourth-order valence-corrected chi connectivity index (χ4v) is 1.41. The highest BCUT2D eigenvalue weighted by Gasteiger charge is 2.13. The van der Waals surface area contributed by atoms with E-state index < -0.39 is 0 Å². The molecule has 58 valence electrons. The molecule has 0 aromatic heterocycles. The predicted molar refractivity (Wildman–Crippen MR) is 41.6 cm³/mol. The SMILES string of the molecule is NCC(CO)C1=CCCC1. The average molecular weight is 141 g/mol. The van der Waals surface area contributed by atoms with Gasteiger partial charge in [0, 0.05) is 12.5 Å². The van der Waals surface area contributed by atoms with Crippen LogP contribution in [0.15, 0.2) is 11.6 Å². The van der Waals surface area contributed by atoms with E-state index in [2.05, 4.69) is 6.08 Å². The number of hydrogen-bond acceptors (Lipinski definition) is 2. The van der Waals surface area contributed by atoms with Crippen molar-refractivity contribution in [3.8, 4) is 0 Å². The van der Waals surface area contributed by atoms with Crippen molar-refractivity contribution in [1.29, 1.82) is 0 Å². The average Bonchev–Trinajstić information content (AvgIpc) is 2.43. The molecule has 0 spiro atoms. The Hall–Kier alpha value is -0.340. The standard InChI is InChI=1S/C8H15NO/c9-5-8(6-10)7-3-1-2-4-7/h3,8,10H,1-2,4-6,9H2. The normalized spacial score (nSPS) is 20.8. The van der Waals surface area contributed by atoms with Crippen LogP contribution < -0.4 is 5.73 Å². The highest BCUT2D eigenvalue weighted by atomic mass is 16.3. The zero-order valence-corrected chi connectivity index (χ0v) is 6.21. The molecule has 0 radical (unpaired) electrons. The highest BCUT2D eigenvalue weighted by Crippen LogP contribution is 2.23. The highest BCUT2D eigenvalue weighted by molar-refractivity contribution is 5.11. The van der Waals surface area contributed by atoms with Crippen molar-refractivity contribution in [2.75, 3.05) is 13.2 Å². The van der Waals surface area contributed by atoms with E-state index >= 15 is 0 Å². The first-order valence-corrected chi connectivity index (χ1v) is 3.88. The molecule has 0 saturated carbocycles. The molecule has 1 rings (SSSR count). The monoisotopic (exact) mass is 141 g/mol. The molecule has 0 amide bonds. The molecule has 0 aliphatic heterocycles. The van der Waals surface area contributed by atoms with Crippen LogP contribution in [0.25, 0.3) is 0 Å². The van der Waals surface area contributed by atoms with Gasteiger partial charge in [0.05, 0.1) is 6.61 Å². The molecule has 1 aliphatic rings. The van der Waals surface area contributed by atoms with E-state index in [9.17, 15) is 0 Å². The van der Waals surface area contributed by atoms with Crippen LogP contribution in [-0.4, -0.2) is 18.3 Å². The van der Waals surface area contributed by atoms with Gasteiger partial charge < -0.3 is 10.8 Å². The van der Waals surface area contributed by atoms with Crippen molar-refractivity contribution >= 4 is 0 Å². The van der Waals surface area contributed by atoms with Gasteiger partial charge in [-0.25, -0.2) is 0 Å². The topological polar surface area (TPSA) is 46.2 Å². The van der Waals surface area contributed by atoms with Crippen molar-refractivity contribution in [2.24, 2.45) is 11.7 Å². The van der Waals surface area contributed by atoms with Gasteiger partial charge in [-0.05, 0) is 19.3 Å². The smallest absolute Gasteiger partial charge is 0.0508 e. The first-order valence-electron chi connectivity index (χ1n) is 3.88. The molecule has 3 N–H and O–H groups in total. The van der Waals surface area contributed by atoms with Gasteiger partial charge in [-0.15, -0.1) is 0 Å². The summed E-state index contributed by atoms with van der Waals surface area (Å²) in [6.07, 6.45) is 5.77. The maximum Gasteiger partial charge on any atom is 0.0508 e. The Balaban J connectivity index is 2.44. The minimum atomic E-state index is 0.211. The first kappa shape index (κ1) is 7.76. The van der Waals surface area contributed by atoms with Gasteiger partial charge in [-0.2, -0.15) is 0 Å². The lowest BCUT2D eigenvalue weighted by Gasteiger charge is -2.11. The molecule has 0 saturated heterocycles. The summed E-state index contributed by atoms with van der Waals surface area (Å²) in [5.74, 6) is 0.238. The fraction of sp³-hybridized carbons (Fsp3) is 0.750.